The predicted octanol–water partition coefficient (Wildman–Crippen LogP) is 2.99. The van der Waals surface area contributed by atoms with E-state index in [4.69, 9.17) is 9.72 Å². The number of hydrogen-bond acceptors (Lipinski definition) is 4. The molecule has 0 amide bonds. The van der Waals surface area contributed by atoms with E-state index in [1.165, 1.54) is 10.6 Å². The minimum absolute atomic E-state index is 0.650. The Morgan fingerprint density at radius 3 is 2.76 bits per heavy atom. The summed E-state index contributed by atoms with van der Waals surface area (Å²) in [4.78, 5) is 6.05. The first-order valence-electron chi connectivity index (χ1n) is 6.37. The number of thiazole rings is 1. The van der Waals surface area contributed by atoms with Crippen molar-refractivity contribution in [1.82, 2.24) is 10.3 Å². The van der Waals surface area contributed by atoms with E-state index in [0.29, 0.717) is 12.5 Å². The summed E-state index contributed by atoms with van der Waals surface area (Å²) in [5.41, 5.74) is 1.24. The smallest absolute Gasteiger partial charge is 0.119 e. The molecule has 3 nitrogen and oxygen atoms in total. The van der Waals surface area contributed by atoms with E-state index in [2.05, 4.69) is 26.1 Å². The third-order valence-electron chi connectivity index (χ3n) is 2.34. The van der Waals surface area contributed by atoms with E-state index in [1.807, 2.05) is 7.05 Å². The van der Waals surface area contributed by atoms with Crippen molar-refractivity contribution < 1.29 is 4.74 Å². The Balaban J connectivity index is 2.65. The highest BCUT2D eigenvalue weighted by atomic mass is 32.1. The van der Waals surface area contributed by atoms with Gasteiger partial charge in [-0.25, -0.2) is 4.98 Å². The number of aromatic nitrogens is 1. The van der Waals surface area contributed by atoms with Gasteiger partial charge in [-0.05, 0) is 25.8 Å². The van der Waals surface area contributed by atoms with Crippen LogP contribution in [0.25, 0.3) is 0 Å². The molecule has 0 saturated heterocycles. The lowest BCUT2D eigenvalue weighted by atomic mass is 10.1. The molecule has 0 fully saturated rings. The largest absolute Gasteiger partial charge is 0.374 e. The highest BCUT2D eigenvalue weighted by molar-refractivity contribution is 7.11. The van der Waals surface area contributed by atoms with E-state index in [1.54, 1.807) is 11.3 Å². The minimum atomic E-state index is 0.650. The number of nitrogens with zero attached hydrogens (tertiary/aromatic N) is 1. The summed E-state index contributed by atoms with van der Waals surface area (Å²) in [7, 11) is 1.98. The lowest BCUT2D eigenvalue weighted by molar-refractivity contribution is 0.121. The van der Waals surface area contributed by atoms with Crippen LogP contribution in [0.15, 0.2) is 0 Å². The molecular weight excluding hydrogens is 232 g/mol. The second kappa shape index (κ2) is 7.80. The quantitative estimate of drug-likeness (QED) is 0.726. The van der Waals surface area contributed by atoms with Crippen LogP contribution in [-0.2, 0) is 24.3 Å². The van der Waals surface area contributed by atoms with E-state index in [0.717, 1.165) is 31.0 Å². The summed E-state index contributed by atoms with van der Waals surface area (Å²) < 4.78 is 5.55. The molecule has 1 heterocycles. The van der Waals surface area contributed by atoms with Gasteiger partial charge in [-0.2, -0.15) is 0 Å². The number of ether oxygens (including phenoxy) is 1. The van der Waals surface area contributed by atoms with E-state index >= 15 is 0 Å². The maximum absolute atomic E-state index is 5.55. The zero-order valence-corrected chi connectivity index (χ0v) is 12.2. The summed E-state index contributed by atoms with van der Waals surface area (Å²) in [6.07, 6.45) is 2.12. The van der Waals surface area contributed by atoms with Crippen LogP contribution in [0.4, 0.5) is 0 Å². The van der Waals surface area contributed by atoms with Gasteiger partial charge in [0, 0.05) is 18.0 Å². The summed E-state index contributed by atoms with van der Waals surface area (Å²) in [6.45, 7) is 8.98. The molecule has 1 aromatic heterocycles. The van der Waals surface area contributed by atoms with Crippen LogP contribution in [0.3, 0.4) is 0 Å². The van der Waals surface area contributed by atoms with Gasteiger partial charge in [0.15, 0.2) is 0 Å². The van der Waals surface area contributed by atoms with E-state index in [-0.39, 0.29) is 0 Å². The van der Waals surface area contributed by atoms with Crippen LogP contribution < -0.4 is 5.32 Å². The first-order chi connectivity index (χ1) is 8.17. The van der Waals surface area contributed by atoms with Crippen LogP contribution >= 0.6 is 11.3 Å². The summed E-state index contributed by atoms with van der Waals surface area (Å²) >= 11 is 1.78. The Morgan fingerprint density at radius 2 is 2.18 bits per heavy atom. The molecule has 17 heavy (non-hydrogen) atoms. The Labute approximate surface area is 109 Å². The fraction of sp³-hybridized carbons (Fsp3) is 0.769. The molecule has 0 bridgehead atoms. The molecule has 0 radical (unpaired) electrons. The SMILES string of the molecule is CCCOCc1nc(CC(C)C)c(CNC)s1. The normalized spacial score (nSPS) is 11.4. The standard InChI is InChI=1S/C13H24N2OS/c1-5-6-16-9-13-15-11(7-10(2)3)12(17-13)8-14-4/h10,14H,5-9H2,1-4H3. The van der Waals surface area contributed by atoms with Gasteiger partial charge in [0.1, 0.15) is 5.01 Å². The second-order valence-electron chi connectivity index (χ2n) is 4.66. The third-order valence-corrected chi connectivity index (χ3v) is 3.41. The van der Waals surface area contributed by atoms with Crippen molar-refractivity contribution in [3.05, 3.63) is 15.6 Å². The molecule has 1 N–H and O–H groups in total. The van der Waals surface area contributed by atoms with Gasteiger partial charge in [0.25, 0.3) is 0 Å². The zero-order valence-electron chi connectivity index (χ0n) is 11.4. The van der Waals surface area contributed by atoms with Gasteiger partial charge >= 0.3 is 0 Å². The molecule has 0 aromatic carbocycles. The highest BCUT2D eigenvalue weighted by Gasteiger charge is 2.11. The Morgan fingerprint density at radius 1 is 1.41 bits per heavy atom. The highest BCUT2D eigenvalue weighted by Crippen LogP contribution is 2.22. The molecule has 1 rings (SSSR count). The maximum Gasteiger partial charge on any atom is 0.119 e. The molecule has 1 aromatic rings. The van der Waals surface area contributed by atoms with Crippen LogP contribution in [-0.4, -0.2) is 18.6 Å². The van der Waals surface area contributed by atoms with Crippen LogP contribution in [0.5, 0.6) is 0 Å². The molecule has 0 aliphatic carbocycles. The van der Waals surface area contributed by atoms with Crippen LogP contribution in [0, 0.1) is 5.92 Å². The van der Waals surface area contributed by atoms with Crippen molar-refractivity contribution in [1.29, 1.82) is 0 Å². The Bertz CT molecular complexity index is 323. The molecular formula is C13H24N2OS. The minimum Gasteiger partial charge on any atom is -0.374 e. The lowest BCUT2D eigenvalue weighted by Crippen LogP contribution is -2.07. The van der Waals surface area contributed by atoms with Crippen molar-refractivity contribution in [3.8, 4) is 0 Å². The number of rotatable bonds is 8. The number of hydrogen-bond donors (Lipinski definition) is 1. The molecule has 0 aliphatic heterocycles. The molecule has 0 unspecified atom stereocenters. The molecule has 98 valence electrons. The van der Waals surface area contributed by atoms with Gasteiger partial charge in [-0.1, -0.05) is 20.8 Å². The van der Waals surface area contributed by atoms with Gasteiger partial charge in [0.2, 0.25) is 0 Å². The van der Waals surface area contributed by atoms with E-state index < -0.39 is 0 Å². The van der Waals surface area contributed by atoms with Crippen molar-refractivity contribution in [3.63, 3.8) is 0 Å². The van der Waals surface area contributed by atoms with Crippen LogP contribution in [0.1, 0.15) is 42.8 Å². The molecule has 0 saturated carbocycles. The molecule has 0 aliphatic rings. The van der Waals surface area contributed by atoms with Gasteiger partial charge in [-0.3, -0.25) is 0 Å². The van der Waals surface area contributed by atoms with Gasteiger partial charge in [-0.15, -0.1) is 11.3 Å². The van der Waals surface area contributed by atoms with Crippen molar-refractivity contribution in [2.24, 2.45) is 5.92 Å². The van der Waals surface area contributed by atoms with Gasteiger partial charge < -0.3 is 10.1 Å². The third kappa shape index (κ3) is 5.15. The maximum atomic E-state index is 5.55. The summed E-state index contributed by atoms with van der Waals surface area (Å²) in [5, 5.41) is 4.32. The second-order valence-corrected chi connectivity index (χ2v) is 5.83. The fourth-order valence-electron chi connectivity index (χ4n) is 1.65. The molecule has 4 heteroatoms. The first-order valence-corrected chi connectivity index (χ1v) is 7.18. The van der Waals surface area contributed by atoms with Gasteiger partial charge in [0.05, 0.1) is 12.3 Å². The zero-order chi connectivity index (χ0) is 12.7. The monoisotopic (exact) mass is 256 g/mol. The first kappa shape index (κ1) is 14.6. The average Bonchev–Trinajstić information content (AvgIpc) is 2.61. The number of nitrogens with one attached hydrogen (secondary N) is 1. The Hall–Kier alpha value is -0.450. The van der Waals surface area contributed by atoms with E-state index in [9.17, 15) is 0 Å². The predicted molar refractivity (Wildman–Crippen MR) is 73.4 cm³/mol. The Kier molecular flexibility index (Phi) is 6.70. The molecule has 0 atom stereocenters. The average molecular weight is 256 g/mol. The summed E-state index contributed by atoms with van der Waals surface area (Å²) in [6, 6.07) is 0. The van der Waals surface area contributed by atoms with Crippen molar-refractivity contribution >= 4 is 11.3 Å². The van der Waals surface area contributed by atoms with Crippen molar-refractivity contribution in [2.45, 2.75) is 46.8 Å². The topological polar surface area (TPSA) is 34.1 Å². The van der Waals surface area contributed by atoms with Crippen LogP contribution in [0.2, 0.25) is 0 Å². The fourth-order valence-corrected chi connectivity index (χ4v) is 2.69. The van der Waals surface area contributed by atoms with Crippen molar-refractivity contribution in [2.75, 3.05) is 13.7 Å². The molecule has 0 spiro atoms. The summed E-state index contributed by atoms with van der Waals surface area (Å²) in [5.74, 6) is 0.650. The lowest BCUT2D eigenvalue weighted by Gasteiger charge is -2.03.